The number of phosphoric ester groups is 1. The standard InChI is InChI=1S/C47H82NO10P/c1-3-5-7-9-11-13-15-17-19-20-21-22-23-24-25-27-28-30-32-34-36-38-45(49)55-40-43(41-56-59(53,54)57-42-44(48)47(51)52)58-46(50)39-37-35-33-31-29-26-18-16-14-12-10-8-6-4-2/h16,18-20,22-23,25,27,30,32,43-44H,3-15,17,21,24,26,28-29,31,33-42,48H2,1-2H3,(H,51,52)(H,53,54)/b18-16+,20-19+,23-22+,27-25+,32-30+/t43-,44-/m0/s1. The zero-order chi connectivity index (χ0) is 43.5. The molecule has 4 N–H and O–H groups in total. The predicted octanol–water partition coefficient (Wildman–Crippen LogP) is 12.3. The van der Waals surface area contributed by atoms with Crippen molar-refractivity contribution in [3.63, 3.8) is 0 Å². The van der Waals surface area contributed by atoms with E-state index in [1.54, 1.807) is 0 Å². The van der Waals surface area contributed by atoms with Gasteiger partial charge in [-0.2, -0.15) is 0 Å². The summed E-state index contributed by atoms with van der Waals surface area (Å²) in [7, 11) is -4.73. The van der Waals surface area contributed by atoms with Crippen LogP contribution >= 0.6 is 7.82 Å². The van der Waals surface area contributed by atoms with Crippen molar-refractivity contribution in [2.24, 2.45) is 5.73 Å². The first-order valence-corrected chi connectivity index (χ1v) is 24.3. The topological polar surface area (TPSA) is 172 Å². The van der Waals surface area contributed by atoms with E-state index in [1.807, 2.05) is 6.08 Å². The molecule has 11 nitrogen and oxygen atoms in total. The van der Waals surface area contributed by atoms with Gasteiger partial charge in [0, 0.05) is 12.8 Å². The number of ether oxygens (including phenoxy) is 2. The highest BCUT2D eigenvalue weighted by molar-refractivity contribution is 7.47. The summed E-state index contributed by atoms with van der Waals surface area (Å²) in [6.45, 7) is 2.72. The van der Waals surface area contributed by atoms with Crippen molar-refractivity contribution in [3.05, 3.63) is 60.8 Å². The van der Waals surface area contributed by atoms with Crippen molar-refractivity contribution in [2.45, 2.75) is 199 Å². The summed E-state index contributed by atoms with van der Waals surface area (Å²) >= 11 is 0. The lowest BCUT2D eigenvalue weighted by Crippen LogP contribution is -2.34. The molecule has 12 heteroatoms. The SMILES string of the molecule is CCCCCCC/C=C/CCCCCCCC(=O)O[C@@H](COC(=O)CCC/C=C/C/C=C/C/C=C/C/C=C/CCCCCCCCC)COP(=O)(O)OC[C@H](N)C(=O)O. The minimum absolute atomic E-state index is 0.137. The Hall–Kier alpha value is -2.82. The van der Waals surface area contributed by atoms with Crippen LogP contribution in [-0.4, -0.2) is 59.9 Å². The van der Waals surface area contributed by atoms with Crippen LogP contribution < -0.4 is 5.73 Å². The van der Waals surface area contributed by atoms with Gasteiger partial charge in [0.1, 0.15) is 12.6 Å². The summed E-state index contributed by atoms with van der Waals surface area (Å²) in [6.07, 6.45) is 48.7. The molecule has 0 spiro atoms. The number of hydrogen-bond donors (Lipinski definition) is 3. The molecule has 0 aromatic rings. The molecule has 0 rings (SSSR count). The van der Waals surface area contributed by atoms with Crippen molar-refractivity contribution in [2.75, 3.05) is 19.8 Å². The highest BCUT2D eigenvalue weighted by atomic mass is 31.2. The minimum atomic E-state index is -4.73. The Labute approximate surface area is 357 Å². The maximum Gasteiger partial charge on any atom is 0.472 e. The van der Waals surface area contributed by atoms with Gasteiger partial charge in [-0.25, -0.2) is 4.57 Å². The number of carbonyl (C=O) groups excluding carboxylic acids is 2. The van der Waals surface area contributed by atoms with Gasteiger partial charge in [0.05, 0.1) is 13.2 Å². The van der Waals surface area contributed by atoms with Crippen molar-refractivity contribution in [1.82, 2.24) is 0 Å². The Morgan fingerprint density at radius 2 is 0.915 bits per heavy atom. The molecular formula is C47H82NO10P. The summed E-state index contributed by atoms with van der Waals surface area (Å²) in [5, 5.41) is 8.89. The fourth-order valence-electron chi connectivity index (χ4n) is 5.88. The maximum atomic E-state index is 12.6. The lowest BCUT2D eigenvalue weighted by atomic mass is 10.1. The molecule has 0 saturated heterocycles. The highest BCUT2D eigenvalue weighted by Crippen LogP contribution is 2.43. The van der Waals surface area contributed by atoms with Gasteiger partial charge in [-0.3, -0.25) is 23.4 Å². The van der Waals surface area contributed by atoms with Crippen LogP contribution in [0.3, 0.4) is 0 Å². The van der Waals surface area contributed by atoms with Gasteiger partial charge >= 0.3 is 25.7 Å². The number of rotatable bonds is 42. The van der Waals surface area contributed by atoms with Crippen molar-refractivity contribution < 1.29 is 47.5 Å². The monoisotopic (exact) mass is 852 g/mol. The number of aliphatic carboxylic acids is 1. The fraction of sp³-hybridized carbons (Fsp3) is 0.723. The van der Waals surface area contributed by atoms with Crippen LogP contribution in [-0.2, 0) is 37.5 Å². The van der Waals surface area contributed by atoms with Crippen molar-refractivity contribution in [1.29, 1.82) is 0 Å². The van der Waals surface area contributed by atoms with E-state index in [9.17, 15) is 23.8 Å². The first kappa shape index (κ1) is 56.2. The summed E-state index contributed by atoms with van der Waals surface area (Å²) < 4.78 is 32.6. The molecule has 340 valence electrons. The van der Waals surface area contributed by atoms with E-state index < -0.39 is 51.1 Å². The molecular weight excluding hydrogens is 769 g/mol. The predicted molar refractivity (Wildman–Crippen MR) is 240 cm³/mol. The van der Waals surface area contributed by atoms with E-state index in [4.69, 9.17) is 24.8 Å². The van der Waals surface area contributed by atoms with Crippen LogP contribution in [0.4, 0.5) is 0 Å². The second kappa shape index (κ2) is 41.9. The van der Waals surface area contributed by atoms with Gasteiger partial charge < -0.3 is 25.2 Å². The van der Waals surface area contributed by atoms with Crippen LogP contribution in [0.2, 0.25) is 0 Å². The fourth-order valence-corrected chi connectivity index (χ4v) is 6.65. The third-order valence-corrected chi connectivity index (χ3v) is 10.4. The summed E-state index contributed by atoms with van der Waals surface area (Å²) in [4.78, 5) is 46.0. The average Bonchev–Trinajstić information content (AvgIpc) is 3.21. The quantitative estimate of drug-likeness (QED) is 0.0231. The molecule has 0 saturated carbocycles. The first-order valence-electron chi connectivity index (χ1n) is 22.8. The molecule has 59 heavy (non-hydrogen) atoms. The van der Waals surface area contributed by atoms with Gasteiger partial charge in [0.15, 0.2) is 6.10 Å². The van der Waals surface area contributed by atoms with E-state index in [0.29, 0.717) is 19.3 Å². The normalized spacial score (nSPS) is 14.2. The van der Waals surface area contributed by atoms with E-state index in [2.05, 4.69) is 73.1 Å². The van der Waals surface area contributed by atoms with E-state index in [1.165, 1.54) is 83.5 Å². The van der Waals surface area contributed by atoms with Gasteiger partial charge in [-0.15, -0.1) is 0 Å². The Bertz CT molecular complexity index is 1230. The highest BCUT2D eigenvalue weighted by Gasteiger charge is 2.28. The number of phosphoric acid groups is 1. The number of esters is 2. The van der Waals surface area contributed by atoms with E-state index in [0.717, 1.165) is 57.8 Å². The number of carboxylic acid groups (broad SMARTS) is 1. The van der Waals surface area contributed by atoms with E-state index in [-0.39, 0.29) is 19.4 Å². The van der Waals surface area contributed by atoms with Gasteiger partial charge in [0.2, 0.25) is 0 Å². The number of carboxylic acids is 1. The molecule has 0 fully saturated rings. The number of allylic oxidation sites excluding steroid dienone is 10. The second-order valence-electron chi connectivity index (χ2n) is 15.2. The number of unbranched alkanes of at least 4 members (excludes halogenated alkanes) is 18. The van der Waals surface area contributed by atoms with Crippen LogP contribution in [0.5, 0.6) is 0 Å². The van der Waals surface area contributed by atoms with Gasteiger partial charge in [0.25, 0.3) is 0 Å². The maximum absolute atomic E-state index is 12.6. The van der Waals surface area contributed by atoms with Crippen LogP contribution in [0.15, 0.2) is 60.8 Å². The Morgan fingerprint density at radius 3 is 1.41 bits per heavy atom. The third kappa shape index (κ3) is 41.7. The molecule has 0 radical (unpaired) electrons. The molecule has 0 bridgehead atoms. The number of carbonyl (C=O) groups is 3. The molecule has 0 heterocycles. The van der Waals surface area contributed by atoms with Gasteiger partial charge in [-0.05, 0) is 77.0 Å². The molecule has 3 atom stereocenters. The van der Waals surface area contributed by atoms with Crippen LogP contribution in [0.25, 0.3) is 0 Å². The largest absolute Gasteiger partial charge is 0.480 e. The molecule has 0 aliphatic rings. The summed E-state index contributed by atoms with van der Waals surface area (Å²) in [6, 6.07) is -1.53. The molecule has 0 amide bonds. The van der Waals surface area contributed by atoms with Crippen LogP contribution in [0.1, 0.15) is 187 Å². The van der Waals surface area contributed by atoms with Crippen molar-refractivity contribution >= 4 is 25.7 Å². The molecule has 0 aliphatic heterocycles. The number of hydrogen-bond acceptors (Lipinski definition) is 9. The smallest absolute Gasteiger partial charge is 0.472 e. The first-order chi connectivity index (χ1) is 28.6. The Kier molecular flexibility index (Phi) is 39.9. The van der Waals surface area contributed by atoms with E-state index >= 15 is 0 Å². The zero-order valence-electron chi connectivity index (χ0n) is 36.8. The Balaban J connectivity index is 4.43. The zero-order valence-corrected chi connectivity index (χ0v) is 37.7. The summed E-state index contributed by atoms with van der Waals surface area (Å²) in [5.41, 5.74) is 5.33. The molecule has 1 unspecified atom stereocenters. The third-order valence-electron chi connectivity index (χ3n) is 9.49. The lowest BCUT2D eigenvalue weighted by Gasteiger charge is -2.20. The Morgan fingerprint density at radius 1 is 0.525 bits per heavy atom. The van der Waals surface area contributed by atoms with Crippen molar-refractivity contribution in [3.8, 4) is 0 Å². The lowest BCUT2D eigenvalue weighted by molar-refractivity contribution is -0.161. The summed E-state index contributed by atoms with van der Waals surface area (Å²) in [5.74, 6) is -2.46. The van der Waals surface area contributed by atoms with Gasteiger partial charge in [-0.1, -0.05) is 158 Å². The average molecular weight is 852 g/mol. The number of nitrogens with two attached hydrogens (primary N) is 1. The minimum Gasteiger partial charge on any atom is -0.480 e. The molecule has 0 aliphatic carbocycles. The molecule has 0 aromatic heterocycles. The van der Waals surface area contributed by atoms with Crippen LogP contribution in [0, 0.1) is 0 Å². The molecule has 0 aromatic carbocycles. The second-order valence-corrected chi connectivity index (χ2v) is 16.6.